The summed E-state index contributed by atoms with van der Waals surface area (Å²) in [6, 6.07) is 0.118. The molecule has 1 aliphatic heterocycles. The van der Waals surface area contributed by atoms with Crippen LogP contribution in [0, 0.1) is 5.92 Å². The van der Waals surface area contributed by atoms with E-state index in [1.54, 1.807) is 0 Å². The number of nitrogens with one attached hydrogen (secondary N) is 1. The molecule has 0 bridgehead atoms. The predicted octanol–water partition coefficient (Wildman–Crippen LogP) is -0.0157. The first-order chi connectivity index (χ1) is 8.70. The number of aliphatic hydroxyl groups is 1. The van der Waals surface area contributed by atoms with Crippen molar-refractivity contribution in [3.8, 4) is 0 Å². The minimum absolute atomic E-state index is 0.0214. The van der Waals surface area contributed by atoms with Crippen LogP contribution in [0.5, 0.6) is 0 Å². The van der Waals surface area contributed by atoms with Crippen LogP contribution in [0.3, 0.4) is 0 Å². The lowest BCUT2D eigenvalue weighted by atomic mass is 9.85. The van der Waals surface area contributed by atoms with E-state index < -0.39 is 0 Å². The molecular weight excluding hydrogens is 232 g/mol. The molecule has 5 nitrogen and oxygen atoms in total. The highest BCUT2D eigenvalue weighted by molar-refractivity contribution is 5.81. The van der Waals surface area contributed by atoms with Gasteiger partial charge in [-0.05, 0) is 19.9 Å². The number of hydrogen-bond donors (Lipinski definition) is 2. The maximum absolute atomic E-state index is 12.1. The molecule has 0 aromatic rings. The van der Waals surface area contributed by atoms with Gasteiger partial charge in [0.05, 0.1) is 6.61 Å². The summed E-state index contributed by atoms with van der Waals surface area (Å²) in [6.45, 7) is 2.31. The summed E-state index contributed by atoms with van der Waals surface area (Å²) >= 11 is 0. The summed E-state index contributed by atoms with van der Waals surface area (Å²) in [4.78, 5) is 14.2. The van der Waals surface area contributed by atoms with Gasteiger partial charge in [0.25, 0.3) is 5.91 Å². The molecule has 2 aliphatic rings. The summed E-state index contributed by atoms with van der Waals surface area (Å²) in [5.41, 5.74) is 0. The third-order valence-corrected chi connectivity index (χ3v) is 4.03. The molecular formula is C13H24N2O3. The van der Waals surface area contributed by atoms with Crippen molar-refractivity contribution in [2.45, 2.75) is 37.8 Å². The van der Waals surface area contributed by atoms with E-state index in [0.717, 1.165) is 32.2 Å². The largest absolute Gasteiger partial charge is 0.396 e. The summed E-state index contributed by atoms with van der Waals surface area (Å²) in [5, 5.41) is 12.4. The molecule has 18 heavy (non-hydrogen) atoms. The fourth-order valence-electron chi connectivity index (χ4n) is 2.83. The van der Waals surface area contributed by atoms with E-state index in [1.165, 1.54) is 0 Å². The van der Waals surface area contributed by atoms with E-state index in [9.17, 15) is 9.90 Å². The van der Waals surface area contributed by atoms with Crippen molar-refractivity contribution in [3.63, 3.8) is 0 Å². The van der Waals surface area contributed by atoms with Gasteiger partial charge >= 0.3 is 0 Å². The number of carbonyl (C=O) groups excluding carboxylic acids is 1. The molecule has 3 unspecified atom stereocenters. The Labute approximate surface area is 108 Å². The first-order valence-corrected chi connectivity index (χ1v) is 6.92. The Balaban J connectivity index is 1.85. The smallest absolute Gasteiger partial charge is 0.250 e. The molecule has 0 aromatic carbocycles. The van der Waals surface area contributed by atoms with Gasteiger partial charge in [0.2, 0.25) is 0 Å². The van der Waals surface area contributed by atoms with Crippen molar-refractivity contribution < 1.29 is 14.6 Å². The highest BCUT2D eigenvalue weighted by Gasteiger charge is 2.30. The number of ether oxygens (including phenoxy) is 1. The number of rotatable bonds is 3. The SMILES string of the molecule is CN1CCOC(C(=O)NC2CCCCC2CO)C1. The molecule has 0 aromatic heterocycles. The number of aliphatic hydroxyl groups excluding tert-OH is 1. The third-order valence-electron chi connectivity index (χ3n) is 4.03. The van der Waals surface area contributed by atoms with E-state index in [2.05, 4.69) is 10.2 Å². The van der Waals surface area contributed by atoms with Crippen molar-refractivity contribution in [2.24, 2.45) is 5.92 Å². The van der Waals surface area contributed by atoms with Crippen LogP contribution in [0.25, 0.3) is 0 Å². The van der Waals surface area contributed by atoms with Gasteiger partial charge in [-0.3, -0.25) is 4.79 Å². The van der Waals surface area contributed by atoms with Crippen molar-refractivity contribution in [2.75, 3.05) is 33.4 Å². The average Bonchev–Trinajstić information content (AvgIpc) is 2.39. The highest BCUT2D eigenvalue weighted by Crippen LogP contribution is 2.24. The van der Waals surface area contributed by atoms with Gasteiger partial charge in [-0.25, -0.2) is 0 Å². The van der Waals surface area contributed by atoms with E-state index in [4.69, 9.17) is 4.74 Å². The Kier molecular flexibility index (Phi) is 4.97. The third kappa shape index (κ3) is 3.43. The Hall–Kier alpha value is -0.650. The number of amides is 1. The second-order valence-electron chi connectivity index (χ2n) is 5.46. The summed E-state index contributed by atoms with van der Waals surface area (Å²) in [6.07, 6.45) is 3.91. The zero-order valence-electron chi connectivity index (χ0n) is 11.1. The number of hydrogen-bond acceptors (Lipinski definition) is 4. The van der Waals surface area contributed by atoms with Crippen molar-refractivity contribution >= 4 is 5.91 Å². The van der Waals surface area contributed by atoms with Gasteiger partial charge in [0, 0.05) is 31.7 Å². The molecule has 2 fully saturated rings. The first-order valence-electron chi connectivity index (χ1n) is 6.92. The lowest BCUT2D eigenvalue weighted by Crippen LogP contribution is -2.53. The highest BCUT2D eigenvalue weighted by atomic mass is 16.5. The summed E-state index contributed by atoms with van der Waals surface area (Å²) in [5.74, 6) is 0.191. The Morgan fingerprint density at radius 3 is 2.94 bits per heavy atom. The second kappa shape index (κ2) is 6.50. The minimum atomic E-state index is -0.356. The maximum atomic E-state index is 12.1. The lowest BCUT2D eigenvalue weighted by Gasteiger charge is -2.34. The molecule has 1 amide bonds. The number of likely N-dealkylation sites (N-methyl/N-ethyl adjacent to an activating group) is 1. The van der Waals surface area contributed by atoms with Crippen LogP contribution in [-0.4, -0.2) is 61.4 Å². The topological polar surface area (TPSA) is 61.8 Å². The van der Waals surface area contributed by atoms with Crippen molar-refractivity contribution in [1.82, 2.24) is 10.2 Å². The standard InChI is InChI=1S/C13H24N2O3/c1-15-6-7-18-12(8-15)13(17)14-11-5-3-2-4-10(11)9-16/h10-12,16H,2-9H2,1H3,(H,14,17). The maximum Gasteiger partial charge on any atom is 0.250 e. The van der Waals surface area contributed by atoms with Gasteiger partial charge in [0.1, 0.15) is 6.10 Å². The molecule has 1 aliphatic carbocycles. The molecule has 2 rings (SSSR count). The molecule has 0 spiro atoms. The van der Waals surface area contributed by atoms with E-state index in [1.807, 2.05) is 7.05 Å². The lowest BCUT2D eigenvalue weighted by molar-refractivity contribution is -0.139. The van der Waals surface area contributed by atoms with Crippen LogP contribution in [0.15, 0.2) is 0 Å². The van der Waals surface area contributed by atoms with Crippen LogP contribution in [0.4, 0.5) is 0 Å². The molecule has 0 radical (unpaired) electrons. The van der Waals surface area contributed by atoms with Gasteiger partial charge < -0.3 is 20.1 Å². The molecule has 1 saturated carbocycles. The fourth-order valence-corrected chi connectivity index (χ4v) is 2.83. The summed E-state index contributed by atoms with van der Waals surface area (Å²) in [7, 11) is 2.00. The minimum Gasteiger partial charge on any atom is -0.396 e. The van der Waals surface area contributed by atoms with Crippen LogP contribution in [-0.2, 0) is 9.53 Å². The van der Waals surface area contributed by atoms with Gasteiger partial charge in [-0.15, -0.1) is 0 Å². The zero-order chi connectivity index (χ0) is 13.0. The van der Waals surface area contributed by atoms with Crippen LogP contribution < -0.4 is 5.32 Å². The predicted molar refractivity (Wildman–Crippen MR) is 68.2 cm³/mol. The number of carbonyl (C=O) groups is 1. The van der Waals surface area contributed by atoms with Gasteiger partial charge in [0.15, 0.2) is 0 Å². The zero-order valence-corrected chi connectivity index (χ0v) is 11.1. The quantitative estimate of drug-likeness (QED) is 0.745. The van der Waals surface area contributed by atoms with Gasteiger partial charge in [-0.2, -0.15) is 0 Å². The fraction of sp³-hybridized carbons (Fsp3) is 0.923. The molecule has 1 saturated heterocycles. The van der Waals surface area contributed by atoms with Crippen molar-refractivity contribution in [3.05, 3.63) is 0 Å². The van der Waals surface area contributed by atoms with Crippen LogP contribution in [0.2, 0.25) is 0 Å². The van der Waals surface area contributed by atoms with E-state index in [0.29, 0.717) is 13.2 Å². The van der Waals surface area contributed by atoms with E-state index in [-0.39, 0.29) is 30.6 Å². The Morgan fingerprint density at radius 2 is 2.22 bits per heavy atom. The normalized spacial score (nSPS) is 34.2. The average molecular weight is 256 g/mol. The second-order valence-corrected chi connectivity index (χ2v) is 5.46. The Morgan fingerprint density at radius 1 is 1.44 bits per heavy atom. The van der Waals surface area contributed by atoms with Gasteiger partial charge in [-0.1, -0.05) is 12.8 Å². The van der Waals surface area contributed by atoms with Crippen LogP contribution >= 0.6 is 0 Å². The first kappa shape index (κ1) is 13.8. The van der Waals surface area contributed by atoms with Crippen molar-refractivity contribution in [1.29, 1.82) is 0 Å². The monoisotopic (exact) mass is 256 g/mol. The number of nitrogens with zero attached hydrogens (tertiary/aromatic N) is 1. The molecule has 5 heteroatoms. The van der Waals surface area contributed by atoms with Crippen LogP contribution in [0.1, 0.15) is 25.7 Å². The molecule has 104 valence electrons. The Bertz CT molecular complexity index is 285. The van der Waals surface area contributed by atoms with E-state index >= 15 is 0 Å². The molecule has 1 heterocycles. The molecule has 3 atom stereocenters. The number of morpholine rings is 1. The molecule has 2 N–H and O–H groups in total. The summed E-state index contributed by atoms with van der Waals surface area (Å²) < 4.78 is 5.50.